The van der Waals surface area contributed by atoms with Gasteiger partial charge in [0.05, 0.1) is 10.6 Å². The number of hydrogen-bond donors (Lipinski definition) is 0. The number of hydrogen-bond acceptors (Lipinski definition) is 4. The number of ketones is 1. The monoisotopic (exact) mass is 284 g/mol. The van der Waals surface area contributed by atoms with Crippen LogP contribution in [0.1, 0.15) is 33.8 Å². The van der Waals surface area contributed by atoms with E-state index >= 15 is 0 Å². The Balaban J connectivity index is 1.77. The van der Waals surface area contributed by atoms with Gasteiger partial charge in [0.2, 0.25) is 0 Å². The molecule has 2 aliphatic rings. The number of benzene rings is 1. The number of rotatable bonds is 1. The molecule has 20 heavy (non-hydrogen) atoms. The van der Waals surface area contributed by atoms with E-state index in [0.29, 0.717) is 6.42 Å². The predicted octanol–water partition coefficient (Wildman–Crippen LogP) is 3.32. The van der Waals surface area contributed by atoms with Crippen LogP contribution in [0.2, 0.25) is 0 Å². The number of anilines is 1. The maximum absolute atomic E-state index is 11.9. The Labute approximate surface area is 122 Å². The number of Topliss-reactive ketones (excluding diaryl/α,β-unsaturated/α-hetero) is 1. The van der Waals surface area contributed by atoms with Gasteiger partial charge in [-0.25, -0.2) is 4.98 Å². The molecular weight excluding hydrogens is 268 g/mol. The summed E-state index contributed by atoms with van der Waals surface area (Å²) in [5, 5.41) is 1.00. The van der Waals surface area contributed by atoms with E-state index in [1.165, 1.54) is 11.3 Å². The van der Waals surface area contributed by atoms with Crippen LogP contribution in [0.4, 0.5) is 5.69 Å². The average molecular weight is 284 g/mol. The number of carbonyl (C=O) groups is 1. The molecule has 0 amide bonds. The van der Waals surface area contributed by atoms with Gasteiger partial charge in [-0.2, -0.15) is 0 Å². The third kappa shape index (κ3) is 1.79. The fraction of sp³-hybridized carbons (Fsp3) is 0.375. The summed E-state index contributed by atoms with van der Waals surface area (Å²) in [7, 11) is 2.13. The predicted molar refractivity (Wildman–Crippen MR) is 81.8 cm³/mol. The molecule has 0 spiro atoms. The highest BCUT2D eigenvalue weighted by atomic mass is 32.1. The highest BCUT2D eigenvalue weighted by Gasteiger charge is 2.23. The van der Waals surface area contributed by atoms with E-state index in [9.17, 15) is 4.79 Å². The van der Waals surface area contributed by atoms with E-state index in [0.717, 1.165) is 46.9 Å². The van der Waals surface area contributed by atoms with Crippen molar-refractivity contribution in [3.63, 3.8) is 0 Å². The lowest BCUT2D eigenvalue weighted by atomic mass is 10.0. The van der Waals surface area contributed by atoms with Crippen molar-refractivity contribution < 1.29 is 4.79 Å². The van der Waals surface area contributed by atoms with E-state index in [1.54, 1.807) is 11.3 Å². The molecule has 0 bridgehead atoms. The lowest BCUT2D eigenvalue weighted by Crippen LogP contribution is -2.12. The van der Waals surface area contributed by atoms with Gasteiger partial charge in [-0.05, 0) is 43.0 Å². The van der Waals surface area contributed by atoms with Crippen LogP contribution in [-0.4, -0.2) is 24.4 Å². The summed E-state index contributed by atoms with van der Waals surface area (Å²) >= 11 is 1.57. The van der Waals surface area contributed by atoms with Gasteiger partial charge >= 0.3 is 0 Å². The van der Waals surface area contributed by atoms with Crippen LogP contribution < -0.4 is 4.90 Å². The minimum absolute atomic E-state index is 0.274. The van der Waals surface area contributed by atoms with Crippen molar-refractivity contribution in [2.24, 2.45) is 0 Å². The number of thiazole rings is 1. The number of fused-ring (bicyclic) bond motifs is 2. The van der Waals surface area contributed by atoms with Crippen LogP contribution in [-0.2, 0) is 12.8 Å². The van der Waals surface area contributed by atoms with Crippen LogP contribution in [0.5, 0.6) is 0 Å². The van der Waals surface area contributed by atoms with Gasteiger partial charge < -0.3 is 4.90 Å². The van der Waals surface area contributed by atoms with E-state index in [2.05, 4.69) is 30.1 Å². The quantitative estimate of drug-likeness (QED) is 0.805. The molecule has 0 N–H and O–H groups in total. The van der Waals surface area contributed by atoms with E-state index in [-0.39, 0.29) is 5.78 Å². The maximum Gasteiger partial charge on any atom is 0.174 e. The van der Waals surface area contributed by atoms with Gasteiger partial charge in [-0.15, -0.1) is 11.3 Å². The van der Waals surface area contributed by atoms with Gasteiger partial charge in [-0.3, -0.25) is 4.79 Å². The van der Waals surface area contributed by atoms with Crippen LogP contribution >= 0.6 is 11.3 Å². The smallest absolute Gasteiger partial charge is 0.174 e. The lowest BCUT2D eigenvalue weighted by molar-refractivity contribution is 0.0976. The van der Waals surface area contributed by atoms with Crippen molar-refractivity contribution in [3.05, 3.63) is 34.3 Å². The third-order valence-electron chi connectivity index (χ3n) is 4.22. The van der Waals surface area contributed by atoms with E-state index in [1.807, 2.05) is 0 Å². The molecule has 4 heteroatoms. The van der Waals surface area contributed by atoms with Crippen LogP contribution in [0.25, 0.3) is 10.6 Å². The second-order valence-corrected chi connectivity index (χ2v) is 6.59. The highest BCUT2D eigenvalue weighted by Crippen LogP contribution is 2.36. The number of aryl methyl sites for hydroxylation is 1. The molecule has 2 aromatic rings. The summed E-state index contributed by atoms with van der Waals surface area (Å²) in [6.45, 7) is 1.09. The minimum atomic E-state index is 0.274. The first-order chi connectivity index (χ1) is 9.72. The van der Waals surface area contributed by atoms with Crippen molar-refractivity contribution in [2.75, 3.05) is 18.5 Å². The first-order valence-electron chi connectivity index (χ1n) is 7.10. The SMILES string of the molecule is CN1CCc2cc(-c3nc4c(s3)C(=O)CCC4)ccc21. The summed E-state index contributed by atoms with van der Waals surface area (Å²) in [5.41, 5.74) is 4.89. The zero-order chi connectivity index (χ0) is 13.7. The molecule has 1 aliphatic carbocycles. The molecule has 0 radical (unpaired) electrons. The Morgan fingerprint density at radius 1 is 1.25 bits per heavy atom. The van der Waals surface area contributed by atoms with Crippen LogP contribution in [0, 0.1) is 0 Å². The zero-order valence-corrected chi connectivity index (χ0v) is 12.3. The van der Waals surface area contributed by atoms with Crippen LogP contribution in [0.15, 0.2) is 18.2 Å². The Morgan fingerprint density at radius 2 is 2.15 bits per heavy atom. The molecule has 0 saturated carbocycles. The Hall–Kier alpha value is -1.68. The van der Waals surface area contributed by atoms with Crippen LogP contribution in [0.3, 0.4) is 0 Å². The van der Waals surface area contributed by atoms with E-state index < -0.39 is 0 Å². The molecule has 1 aromatic heterocycles. The normalized spacial score (nSPS) is 17.2. The number of aromatic nitrogens is 1. The van der Waals surface area contributed by atoms with Crippen molar-refractivity contribution >= 4 is 22.8 Å². The summed E-state index contributed by atoms with van der Waals surface area (Å²) in [4.78, 5) is 19.8. The second-order valence-electron chi connectivity index (χ2n) is 5.59. The fourth-order valence-corrected chi connectivity index (χ4v) is 4.17. The molecule has 3 nitrogen and oxygen atoms in total. The molecule has 0 unspecified atom stereocenters. The van der Waals surface area contributed by atoms with Crippen molar-refractivity contribution in [1.29, 1.82) is 0 Å². The number of likely N-dealkylation sites (N-methyl/N-ethyl adjacent to an activating group) is 1. The second kappa shape index (κ2) is 4.42. The molecule has 0 saturated heterocycles. The summed E-state index contributed by atoms with van der Waals surface area (Å²) in [6.07, 6.45) is 3.68. The van der Waals surface area contributed by atoms with E-state index in [4.69, 9.17) is 4.98 Å². The largest absolute Gasteiger partial charge is 0.374 e. The molecule has 0 atom stereocenters. The first kappa shape index (κ1) is 12.1. The Kier molecular flexibility index (Phi) is 2.67. The highest BCUT2D eigenvalue weighted by molar-refractivity contribution is 7.17. The molecule has 102 valence electrons. The average Bonchev–Trinajstić information content (AvgIpc) is 3.04. The molecule has 4 rings (SSSR count). The fourth-order valence-electron chi connectivity index (χ4n) is 3.09. The summed E-state index contributed by atoms with van der Waals surface area (Å²) in [5.74, 6) is 0.274. The number of nitrogens with zero attached hydrogens (tertiary/aromatic N) is 2. The Morgan fingerprint density at radius 3 is 3.00 bits per heavy atom. The van der Waals surface area contributed by atoms with Gasteiger partial charge in [0.15, 0.2) is 5.78 Å². The number of carbonyl (C=O) groups excluding carboxylic acids is 1. The molecule has 1 aliphatic heterocycles. The zero-order valence-electron chi connectivity index (χ0n) is 11.5. The summed E-state index contributed by atoms with van der Waals surface area (Å²) in [6, 6.07) is 6.56. The van der Waals surface area contributed by atoms with Crippen molar-refractivity contribution in [1.82, 2.24) is 4.98 Å². The van der Waals surface area contributed by atoms with Gasteiger partial charge in [0.25, 0.3) is 0 Å². The van der Waals surface area contributed by atoms with Gasteiger partial charge in [0.1, 0.15) is 5.01 Å². The first-order valence-corrected chi connectivity index (χ1v) is 7.91. The lowest BCUT2D eigenvalue weighted by Gasteiger charge is -2.11. The van der Waals surface area contributed by atoms with Crippen molar-refractivity contribution in [2.45, 2.75) is 25.7 Å². The standard InChI is InChI=1S/C16H16N2OS/c1-18-8-7-10-9-11(5-6-13(10)18)16-17-12-3-2-4-14(19)15(12)20-16/h5-6,9H,2-4,7-8H2,1H3. The molecule has 1 aromatic carbocycles. The van der Waals surface area contributed by atoms with Crippen molar-refractivity contribution in [3.8, 4) is 10.6 Å². The molecule has 2 heterocycles. The van der Waals surface area contributed by atoms with Gasteiger partial charge in [-0.1, -0.05) is 0 Å². The minimum Gasteiger partial charge on any atom is -0.374 e. The molecular formula is C16H16N2OS. The third-order valence-corrected chi connectivity index (χ3v) is 5.41. The topological polar surface area (TPSA) is 33.2 Å². The molecule has 0 fully saturated rings. The Bertz CT molecular complexity index is 704. The summed E-state index contributed by atoms with van der Waals surface area (Å²) < 4.78 is 0. The van der Waals surface area contributed by atoms with Gasteiger partial charge in [0, 0.05) is 31.3 Å². The maximum atomic E-state index is 11.9.